The summed E-state index contributed by atoms with van der Waals surface area (Å²) in [5.41, 5.74) is 5.67. The van der Waals surface area contributed by atoms with Crippen LogP contribution in [0.3, 0.4) is 0 Å². The smallest absolute Gasteiger partial charge is 0.253 e. The number of piperidine rings is 1. The zero-order chi connectivity index (χ0) is 15.4. The van der Waals surface area contributed by atoms with Crippen LogP contribution in [0.4, 0.5) is 10.1 Å². The quantitative estimate of drug-likeness (QED) is 0.851. The summed E-state index contributed by atoms with van der Waals surface area (Å²) in [4.78, 5) is 13.9. The van der Waals surface area contributed by atoms with Gasteiger partial charge in [0.05, 0.1) is 11.3 Å². The van der Waals surface area contributed by atoms with Crippen molar-refractivity contribution >= 4 is 27.5 Å². The summed E-state index contributed by atoms with van der Waals surface area (Å²) in [6, 6.07) is 3.36. The Bertz CT molecular complexity index is 524. The number of primary amides is 1. The van der Waals surface area contributed by atoms with Gasteiger partial charge in [0.15, 0.2) is 0 Å². The van der Waals surface area contributed by atoms with E-state index in [4.69, 9.17) is 5.73 Å². The van der Waals surface area contributed by atoms with Gasteiger partial charge in [-0.15, -0.1) is 0 Å². The first-order chi connectivity index (χ1) is 10.0. The Hall–Kier alpha value is -1.14. The molecule has 0 aromatic heterocycles. The summed E-state index contributed by atoms with van der Waals surface area (Å²) in [7, 11) is 0. The number of anilines is 1. The second-order valence-electron chi connectivity index (χ2n) is 5.33. The van der Waals surface area contributed by atoms with E-state index in [-0.39, 0.29) is 5.56 Å². The van der Waals surface area contributed by atoms with Crippen LogP contribution in [0.15, 0.2) is 16.6 Å². The first kappa shape index (κ1) is 16.2. The van der Waals surface area contributed by atoms with Gasteiger partial charge in [0.25, 0.3) is 5.91 Å². The Balaban J connectivity index is 2.13. The summed E-state index contributed by atoms with van der Waals surface area (Å²) >= 11 is 3.25. The number of rotatable bonds is 5. The van der Waals surface area contributed by atoms with E-state index in [0.717, 1.165) is 19.5 Å². The Morgan fingerprint density at radius 3 is 2.95 bits per heavy atom. The summed E-state index contributed by atoms with van der Waals surface area (Å²) in [6.45, 7) is 4.93. The molecule has 1 aliphatic rings. The number of carbonyl (C=O) groups excluding carboxylic acids is 1. The number of nitrogens with zero attached hydrogens (tertiary/aromatic N) is 1. The van der Waals surface area contributed by atoms with Crippen molar-refractivity contribution in [1.82, 2.24) is 4.90 Å². The number of carbonyl (C=O) groups is 1. The Kier molecular flexibility index (Phi) is 5.58. The number of halogens is 2. The van der Waals surface area contributed by atoms with E-state index in [0.29, 0.717) is 22.7 Å². The van der Waals surface area contributed by atoms with Gasteiger partial charge in [0.1, 0.15) is 5.82 Å². The van der Waals surface area contributed by atoms with Crippen LogP contribution in [-0.2, 0) is 0 Å². The molecule has 2 rings (SSSR count). The standard InChI is InChI=1S/C15H21BrFN3O/c1-2-20-6-4-3-5-11(20)9-19-13-8-10(16)7-12(17)14(13)15(18)21/h7-8,11,19H,2-6,9H2,1H3,(H2,18,21). The molecule has 0 spiro atoms. The van der Waals surface area contributed by atoms with Crippen LogP contribution < -0.4 is 11.1 Å². The van der Waals surface area contributed by atoms with Crippen molar-refractivity contribution in [2.75, 3.05) is 25.0 Å². The Morgan fingerprint density at radius 2 is 2.29 bits per heavy atom. The molecule has 1 fully saturated rings. The molecule has 0 saturated carbocycles. The number of amides is 1. The van der Waals surface area contributed by atoms with E-state index in [1.54, 1.807) is 6.07 Å². The van der Waals surface area contributed by atoms with E-state index < -0.39 is 11.7 Å². The van der Waals surface area contributed by atoms with Crippen LogP contribution in [0.1, 0.15) is 36.5 Å². The topological polar surface area (TPSA) is 58.4 Å². The van der Waals surface area contributed by atoms with E-state index >= 15 is 0 Å². The van der Waals surface area contributed by atoms with Crippen LogP contribution in [0.2, 0.25) is 0 Å². The molecule has 116 valence electrons. The summed E-state index contributed by atoms with van der Waals surface area (Å²) < 4.78 is 14.5. The highest BCUT2D eigenvalue weighted by Gasteiger charge is 2.22. The van der Waals surface area contributed by atoms with Gasteiger partial charge in [-0.25, -0.2) is 4.39 Å². The number of hydrogen-bond acceptors (Lipinski definition) is 3. The molecule has 3 N–H and O–H groups in total. The first-order valence-electron chi connectivity index (χ1n) is 7.29. The predicted molar refractivity (Wildman–Crippen MR) is 86.0 cm³/mol. The second-order valence-corrected chi connectivity index (χ2v) is 6.25. The highest BCUT2D eigenvalue weighted by Crippen LogP contribution is 2.25. The molecule has 1 heterocycles. The lowest BCUT2D eigenvalue weighted by atomic mass is 10.0. The third-order valence-electron chi connectivity index (χ3n) is 3.98. The molecule has 6 heteroatoms. The van der Waals surface area contributed by atoms with Gasteiger partial charge in [-0.2, -0.15) is 0 Å². The van der Waals surface area contributed by atoms with Gasteiger partial charge in [0, 0.05) is 17.1 Å². The lowest BCUT2D eigenvalue weighted by Crippen LogP contribution is -2.43. The minimum atomic E-state index is -0.751. The minimum Gasteiger partial charge on any atom is -0.383 e. The van der Waals surface area contributed by atoms with E-state index in [1.165, 1.54) is 18.9 Å². The lowest BCUT2D eigenvalue weighted by molar-refractivity contribution is 0.0997. The summed E-state index contributed by atoms with van der Waals surface area (Å²) in [5, 5.41) is 3.20. The molecule has 1 aromatic rings. The molecule has 0 bridgehead atoms. The highest BCUT2D eigenvalue weighted by atomic mass is 79.9. The highest BCUT2D eigenvalue weighted by molar-refractivity contribution is 9.10. The Morgan fingerprint density at radius 1 is 1.52 bits per heavy atom. The van der Waals surface area contributed by atoms with Crippen molar-refractivity contribution in [1.29, 1.82) is 0 Å². The van der Waals surface area contributed by atoms with Crippen LogP contribution in [-0.4, -0.2) is 36.5 Å². The summed E-state index contributed by atoms with van der Waals surface area (Å²) in [5.74, 6) is -1.35. The van der Waals surface area contributed by atoms with E-state index in [1.807, 2.05) is 0 Å². The van der Waals surface area contributed by atoms with Gasteiger partial charge in [0.2, 0.25) is 0 Å². The van der Waals surface area contributed by atoms with E-state index in [9.17, 15) is 9.18 Å². The average Bonchev–Trinajstić information content (AvgIpc) is 2.44. The molecule has 1 atom stereocenters. The molecule has 4 nitrogen and oxygen atoms in total. The van der Waals surface area contributed by atoms with Crippen molar-refractivity contribution in [3.05, 3.63) is 28.0 Å². The maximum Gasteiger partial charge on any atom is 0.253 e. The van der Waals surface area contributed by atoms with Gasteiger partial charge >= 0.3 is 0 Å². The largest absolute Gasteiger partial charge is 0.383 e. The fourth-order valence-corrected chi connectivity index (χ4v) is 3.33. The van der Waals surface area contributed by atoms with Gasteiger partial charge in [-0.3, -0.25) is 9.69 Å². The zero-order valence-electron chi connectivity index (χ0n) is 12.2. The van der Waals surface area contributed by atoms with Gasteiger partial charge in [-0.1, -0.05) is 29.3 Å². The maximum atomic E-state index is 13.9. The second kappa shape index (κ2) is 7.22. The van der Waals surface area contributed by atoms with Crippen molar-refractivity contribution in [3.63, 3.8) is 0 Å². The van der Waals surface area contributed by atoms with Gasteiger partial charge < -0.3 is 11.1 Å². The first-order valence-corrected chi connectivity index (χ1v) is 8.09. The molecule has 1 amide bonds. The number of nitrogens with one attached hydrogen (secondary N) is 1. The fourth-order valence-electron chi connectivity index (χ4n) is 2.90. The summed E-state index contributed by atoms with van der Waals surface area (Å²) in [6.07, 6.45) is 3.55. The minimum absolute atomic E-state index is 0.0722. The number of nitrogens with two attached hydrogens (primary N) is 1. The predicted octanol–water partition coefficient (Wildman–Crippen LogP) is 2.97. The number of hydrogen-bond donors (Lipinski definition) is 2. The van der Waals surface area contributed by atoms with Gasteiger partial charge in [-0.05, 0) is 38.1 Å². The maximum absolute atomic E-state index is 13.9. The normalized spacial score (nSPS) is 19.5. The molecule has 21 heavy (non-hydrogen) atoms. The number of benzene rings is 1. The van der Waals surface area contributed by atoms with Crippen molar-refractivity contribution in [2.45, 2.75) is 32.2 Å². The molecule has 1 saturated heterocycles. The molecule has 1 aliphatic heterocycles. The number of likely N-dealkylation sites (tertiary alicyclic amines) is 1. The van der Waals surface area contributed by atoms with Crippen LogP contribution in [0.5, 0.6) is 0 Å². The van der Waals surface area contributed by atoms with Crippen molar-refractivity contribution in [2.24, 2.45) is 5.73 Å². The molecular formula is C15H21BrFN3O. The van der Waals surface area contributed by atoms with Crippen molar-refractivity contribution < 1.29 is 9.18 Å². The van der Waals surface area contributed by atoms with Crippen LogP contribution in [0.25, 0.3) is 0 Å². The third kappa shape index (κ3) is 3.95. The third-order valence-corrected chi connectivity index (χ3v) is 4.44. The monoisotopic (exact) mass is 357 g/mol. The lowest BCUT2D eigenvalue weighted by Gasteiger charge is -2.35. The molecule has 1 aromatic carbocycles. The van der Waals surface area contributed by atoms with Crippen molar-refractivity contribution in [3.8, 4) is 0 Å². The average molecular weight is 358 g/mol. The molecule has 1 unspecified atom stereocenters. The molecular weight excluding hydrogens is 337 g/mol. The van der Waals surface area contributed by atoms with E-state index in [2.05, 4.69) is 33.1 Å². The molecule has 0 aliphatic carbocycles. The molecule has 0 radical (unpaired) electrons. The van der Waals surface area contributed by atoms with Crippen LogP contribution in [0, 0.1) is 5.82 Å². The SMILES string of the molecule is CCN1CCCCC1CNc1cc(Br)cc(F)c1C(N)=O. The fraction of sp³-hybridized carbons (Fsp3) is 0.533. The van der Waals surface area contributed by atoms with Crippen LogP contribution >= 0.6 is 15.9 Å². The zero-order valence-corrected chi connectivity index (χ0v) is 13.7. The Labute approximate surface area is 133 Å². The number of likely N-dealkylation sites (N-methyl/N-ethyl adjacent to an activating group) is 1.